The van der Waals surface area contributed by atoms with E-state index in [0.717, 1.165) is 30.0 Å². The number of nitrogens with two attached hydrogens (primary N) is 1. The molecule has 2 fully saturated rings. The molecule has 22 heavy (non-hydrogen) atoms. The molecule has 116 valence electrons. The van der Waals surface area contributed by atoms with Gasteiger partial charge < -0.3 is 15.0 Å². The minimum atomic E-state index is 0.302. The zero-order valence-corrected chi connectivity index (χ0v) is 12.7. The summed E-state index contributed by atoms with van der Waals surface area (Å²) in [5, 5.41) is 4.15. The van der Waals surface area contributed by atoms with Gasteiger partial charge in [0.2, 0.25) is 11.7 Å². The van der Waals surface area contributed by atoms with Crippen molar-refractivity contribution in [1.82, 2.24) is 10.1 Å². The van der Waals surface area contributed by atoms with Crippen LogP contribution in [0.3, 0.4) is 0 Å². The molecule has 0 saturated heterocycles. The highest BCUT2D eigenvalue weighted by molar-refractivity contribution is 5.56. The first-order valence-electron chi connectivity index (χ1n) is 8.08. The standard InChI is InChI=1S/C17H21N3O2/c1-2-6-21-11-5-3-4-10(7-11)16-19-17(22-20-16)14-9-15(18)13-8-12(13)14/h3-5,7,12-15H,2,6,8-9,18H2,1H3/t12-,13+,14-,15+/m1/s1. The van der Waals surface area contributed by atoms with E-state index in [9.17, 15) is 0 Å². The maximum atomic E-state index is 6.13. The molecule has 2 saturated carbocycles. The van der Waals surface area contributed by atoms with E-state index in [-0.39, 0.29) is 0 Å². The molecule has 0 amide bonds. The fourth-order valence-electron chi connectivity index (χ4n) is 3.57. The molecule has 1 heterocycles. The third-order valence-corrected chi connectivity index (χ3v) is 4.81. The summed E-state index contributed by atoms with van der Waals surface area (Å²) in [5.41, 5.74) is 7.05. The van der Waals surface area contributed by atoms with Gasteiger partial charge in [0.25, 0.3) is 0 Å². The number of nitrogens with zero attached hydrogens (tertiary/aromatic N) is 2. The van der Waals surface area contributed by atoms with E-state index < -0.39 is 0 Å². The van der Waals surface area contributed by atoms with Crippen LogP contribution in [0.25, 0.3) is 11.4 Å². The van der Waals surface area contributed by atoms with Crippen molar-refractivity contribution in [2.75, 3.05) is 6.61 Å². The second-order valence-electron chi connectivity index (χ2n) is 6.40. The highest BCUT2D eigenvalue weighted by Gasteiger charge is 2.55. The van der Waals surface area contributed by atoms with Gasteiger partial charge in [-0.15, -0.1) is 0 Å². The quantitative estimate of drug-likeness (QED) is 0.918. The smallest absolute Gasteiger partial charge is 0.230 e. The number of hydrogen-bond donors (Lipinski definition) is 1. The fraction of sp³-hybridized carbons (Fsp3) is 0.529. The van der Waals surface area contributed by atoms with E-state index >= 15 is 0 Å². The predicted molar refractivity (Wildman–Crippen MR) is 82.5 cm³/mol. The van der Waals surface area contributed by atoms with Crippen molar-refractivity contribution in [3.8, 4) is 17.1 Å². The van der Waals surface area contributed by atoms with Crippen molar-refractivity contribution < 1.29 is 9.26 Å². The minimum absolute atomic E-state index is 0.302. The Kier molecular flexibility index (Phi) is 3.37. The highest BCUT2D eigenvalue weighted by Crippen LogP contribution is 2.58. The molecule has 0 aliphatic heterocycles. The van der Waals surface area contributed by atoms with Crippen LogP contribution in [0.15, 0.2) is 28.8 Å². The molecule has 1 aromatic heterocycles. The van der Waals surface area contributed by atoms with Crippen LogP contribution >= 0.6 is 0 Å². The van der Waals surface area contributed by atoms with Crippen LogP contribution in [-0.2, 0) is 0 Å². The van der Waals surface area contributed by atoms with E-state index in [1.165, 1.54) is 6.42 Å². The van der Waals surface area contributed by atoms with Gasteiger partial charge in [-0.1, -0.05) is 24.2 Å². The number of rotatable bonds is 5. The van der Waals surface area contributed by atoms with Crippen LogP contribution in [0.2, 0.25) is 0 Å². The zero-order valence-electron chi connectivity index (χ0n) is 12.7. The first-order valence-corrected chi connectivity index (χ1v) is 8.08. The van der Waals surface area contributed by atoms with Crippen molar-refractivity contribution in [3.05, 3.63) is 30.2 Å². The van der Waals surface area contributed by atoms with E-state index in [0.29, 0.717) is 36.2 Å². The van der Waals surface area contributed by atoms with Gasteiger partial charge in [-0.3, -0.25) is 0 Å². The summed E-state index contributed by atoms with van der Waals surface area (Å²) in [5.74, 6) is 3.90. The summed E-state index contributed by atoms with van der Waals surface area (Å²) in [4.78, 5) is 4.61. The molecule has 5 nitrogen and oxygen atoms in total. The number of benzene rings is 1. The summed E-state index contributed by atoms with van der Waals surface area (Å²) in [6.45, 7) is 2.80. The second kappa shape index (κ2) is 5.39. The molecule has 4 rings (SSSR count). The summed E-state index contributed by atoms with van der Waals surface area (Å²) in [6.07, 6.45) is 3.17. The number of aromatic nitrogens is 2. The molecule has 0 bridgehead atoms. The Morgan fingerprint density at radius 1 is 1.32 bits per heavy atom. The van der Waals surface area contributed by atoms with Crippen molar-refractivity contribution in [1.29, 1.82) is 0 Å². The lowest BCUT2D eigenvalue weighted by atomic mass is 10.0. The zero-order chi connectivity index (χ0) is 15.1. The third kappa shape index (κ3) is 2.39. The molecule has 4 atom stereocenters. The Balaban J connectivity index is 1.54. The molecule has 2 aliphatic carbocycles. The lowest BCUT2D eigenvalue weighted by Gasteiger charge is -2.07. The molecule has 2 aliphatic rings. The number of ether oxygens (including phenoxy) is 1. The van der Waals surface area contributed by atoms with Gasteiger partial charge in [-0.25, -0.2) is 0 Å². The molecule has 0 radical (unpaired) electrons. The van der Waals surface area contributed by atoms with Crippen molar-refractivity contribution in [2.45, 2.75) is 38.1 Å². The average molecular weight is 299 g/mol. The third-order valence-electron chi connectivity index (χ3n) is 4.81. The highest BCUT2D eigenvalue weighted by atomic mass is 16.5. The number of hydrogen-bond acceptors (Lipinski definition) is 5. The van der Waals surface area contributed by atoms with Gasteiger partial charge >= 0.3 is 0 Å². The topological polar surface area (TPSA) is 74.2 Å². The number of fused-ring (bicyclic) bond motifs is 1. The molecular weight excluding hydrogens is 278 g/mol. The fourth-order valence-corrected chi connectivity index (χ4v) is 3.57. The van der Waals surface area contributed by atoms with Crippen LogP contribution in [-0.4, -0.2) is 22.8 Å². The Labute approximate surface area is 129 Å². The Morgan fingerprint density at radius 3 is 2.95 bits per heavy atom. The van der Waals surface area contributed by atoms with Gasteiger partial charge in [-0.05, 0) is 43.2 Å². The maximum absolute atomic E-state index is 6.13. The monoisotopic (exact) mass is 299 g/mol. The van der Waals surface area contributed by atoms with Crippen LogP contribution in [0.1, 0.15) is 38.0 Å². The molecule has 5 heteroatoms. The normalized spacial score (nSPS) is 29.4. The summed E-state index contributed by atoms with van der Waals surface area (Å²) >= 11 is 0. The van der Waals surface area contributed by atoms with Gasteiger partial charge in [0.05, 0.1) is 6.61 Å². The summed E-state index contributed by atoms with van der Waals surface area (Å²) < 4.78 is 11.2. The van der Waals surface area contributed by atoms with Crippen LogP contribution in [0.4, 0.5) is 0 Å². The summed E-state index contributed by atoms with van der Waals surface area (Å²) in [7, 11) is 0. The Bertz CT molecular complexity index is 669. The Hall–Kier alpha value is -1.88. The largest absolute Gasteiger partial charge is 0.494 e. The first kappa shape index (κ1) is 13.8. The molecule has 1 aromatic carbocycles. The van der Waals surface area contributed by atoms with E-state index in [4.69, 9.17) is 15.0 Å². The van der Waals surface area contributed by atoms with Gasteiger partial charge in [0.15, 0.2) is 0 Å². The van der Waals surface area contributed by atoms with Crippen molar-refractivity contribution in [2.24, 2.45) is 17.6 Å². The van der Waals surface area contributed by atoms with Crippen LogP contribution < -0.4 is 10.5 Å². The van der Waals surface area contributed by atoms with Gasteiger partial charge in [0, 0.05) is 17.5 Å². The van der Waals surface area contributed by atoms with Crippen LogP contribution in [0.5, 0.6) is 5.75 Å². The van der Waals surface area contributed by atoms with Gasteiger partial charge in [-0.2, -0.15) is 4.98 Å². The van der Waals surface area contributed by atoms with E-state index in [1.54, 1.807) is 0 Å². The first-order chi connectivity index (χ1) is 10.8. The second-order valence-corrected chi connectivity index (χ2v) is 6.40. The van der Waals surface area contributed by atoms with Crippen molar-refractivity contribution >= 4 is 0 Å². The average Bonchev–Trinajstić information content (AvgIpc) is 3.06. The van der Waals surface area contributed by atoms with Gasteiger partial charge in [0.1, 0.15) is 5.75 Å². The predicted octanol–water partition coefficient (Wildman–Crippen LogP) is 2.98. The molecular formula is C17H21N3O2. The van der Waals surface area contributed by atoms with Crippen molar-refractivity contribution in [3.63, 3.8) is 0 Å². The maximum Gasteiger partial charge on any atom is 0.230 e. The minimum Gasteiger partial charge on any atom is -0.494 e. The molecule has 2 N–H and O–H groups in total. The lowest BCUT2D eigenvalue weighted by molar-refractivity contribution is 0.317. The van der Waals surface area contributed by atoms with E-state index in [2.05, 4.69) is 17.1 Å². The molecule has 0 spiro atoms. The molecule has 2 aromatic rings. The molecule has 0 unspecified atom stereocenters. The summed E-state index contributed by atoms with van der Waals surface area (Å²) in [6, 6.07) is 8.15. The van der Waals surface area contributed by atoms with E-state index in [1.807, 2.05) is 24.3 Å². The Morgan fingerprint density at radius 2 is 2.23 bits per heavy atom. The lowest BCUT2D eigenvalue weighted by Crippen LogP contribution is -2.19. The SMILES string of the molecule is CCCOc1cccc(-c2noc([C@@H]3C[C@H](N)[C@H]4C[C@H]43)n2)c1. The van der Waals surface area contributed by atoms with Crippen LogP contribution in [0, 0.1) is 11.8 Å².